The van der Waals surface area contributed by atoms with Gasteiger partial charge in [0, 0.05) is 18.2 Å². The summed E-state index contributed by atoms with van der Waals surface area (Å²) in [6.07, 6.45) is -0.691. The van der Waals surface area contributed by atoms with E-state index in [1.165, 1.54) is 10.8 Å². The first-order chi connectivity index (χ1) is 8.52. The third kappa shape index (κ3) is 2.36. The minimum atomic E-state index is -0.846. The van der Waals surface area contributed by atoms with Crippen molar-refractivity contribution < 1.29 is 20.0 Å². The average Bonchev–Trinajstić information content (AvgIpc) is 2.66. The molecular weight excluding hydrogens is 244 g/mol. The van der Waals surface area contributed by atoms with Crippen LogP contribution in [0.3, 0.4) is 0 Å². The second-order valence-corrected chi connectivity index (χ2v) is 4.21. The first-order valence-corrected chi connectivity index (χ1v) is 5.45. The van der Waals surface area contributed by atoms with Crippen molar-refractivity contribution in [1.29, 1.82) is 0 Å². The minimum Gasteiger partial charge on any atom is -0.390 e. The Kier molecular flexibility index (Phi) is 3.62. The monoisotopic (exact) mass is 258 g/mol. The molecular formula is C10H14N2O6. The van der Waals surface area contributed by atoms with Gasteiger partial charge in [-0.05, 0) is 6.92 Å². The lowest BCUT2D eigenvalue weighted by atomic mass is 10.2. The highest BCUT2D eigenvalue weighted by molar-refractivity contribution is 5.02. The normalized spacial score (nSPS) is 27.6. The van der Waals surface area contributed by atoms with Crippen molar-refractivity contribution in [1.82, 2.24) is 9.55 Å². The number of aliphatic hydroxyl groups is 1. The summed E-state index contributed by atoms with van der Waals surface area (Å²) in [5.41, 5.74) is -0.687. The fourth-order valence-electron chi connectivity index (χ4n) is 1.91. The second kappa shape index (κ2) is 5.02. The highest BCUT2D eigenvalue weighted by Gasteiger charge is 2.35. The van der Waals surface area contributed by atoms with Crippen molar-refractivity contribution in [3.8, 4) is 0 Å². The van der Waals surface area contributed by atoms with Gasteiger partial charge in [0.25, 0.3) is 5.56 Å². The maximum absolute atomic E-state index is 11.6. The number of hydrogen-bond donors (Lipinski definition) is 3. The number of rotatable bonds is 3. The fraction of sp³-hybridized carbons (Fsp3) is 0.600. The first-order valence-electron chi connectivity index (χ1n) is 5.45. The number of aryl methyl sites for hydroxylation is 1. The lowest BCUT2D eigenvalue weighted by molar-refractivity contribution is -0.264. The predicted octanol–water partition coefficient (Wildman–Crippen LogP) is -1.02. The maximum atomic E-state index is 11.6. The molecule has 1 aromatic rings. The van der Waals surface area contributed by atoms with Crippen LogP contribution in [0, 0.1) is 6.92 Å². The van der Waals surface area contributed by atoms with Gasteiger partial charge in [0.1, 0.15) is 18.9 Å². The van der Waals surface area contributed by atoms with Crippen LogP contribution < -0.4 is 11.2 Å². The van der Waals surface area contributed by atoms with Crippen LogP contribution in [0.2, 0.25) is 0 Å². The Labute approximate surface area is 101 Å². The third-order valence-corrected chi connectivity index (χ3v) is 2.90. The molecule has 0 radical (unpaired) electrons. The van der Waals surface area contributed by atoms with E-state index in [9.17, 15) is 14.7 Å². The molecule has 100 valence electrons. The zero-order chi connectivity index (χ0) is 13.3. The molecule has 0 aliphatic carbocycles. The van der Waals surface area contributed by atoms with E-state index in [-0.39, 0.29) is 13.0 Å². The van der Waals surface area contributed by atoms with Crippen LogP contribution in [0.5, 0.6) is 0 Å². The van der Waals surface area contributed by atoms with Crippen LogP contribution >= 0.6 is 0 Å². The van der Waals surface area contributed by atoms with E-state index < -0.39 is 29.7 Å². The standard InChI is InChI=1S/C10H14N2O6/c1-5-3-12(10(15)11-9(5)14)8-2-6(13)7(18-8)4-17-16/h3,6-8,13,16H,2,4H2,1H3,(H,11,14,15)/t6-,7-,8-/m1/s1. The molecule has 3 atom stereocenters. The topological polar surface area (TPSA) is 114 Å². The lowest BCUT2D eigenvalue weighted by Gasteiger charge is -2.15. The van der Waals surface area contributed by atoms with E-state index in [2.05, 4.69) is 9.87 Å². The number of nitrogens with zero attached hydrogens (tertiary/aromatic N) is 1. The Hall–Kier alpha value is -1.48. The molecule has 1 aliphatic heterocycles. The number of hydrogen-bond acceptors (Lipinski definition) is 6. The Morgan fingerprint density at radius 1 is 1.61 bits per heavy atom. The Morgan fingerprint density at radius 2 is 2.33 bits per heavy atom. The first kappa shape index (κ1) is 13.0. The minimum absolute atomic E-state index is 0.180. The highest BCUT2D eigenvalue weighted by Crippen LogP contribution is 2.27. The van der Waals surface area contributed by atoms with E-state index >= 15 is 0 Å². The number of aliphatic hydroxyl groups excluding tert-OH is 1. The molecule has 8 nitrogen and oxygen atoms in total. The summed E-state index contributed by atoms with van der Waals surface area (Å²) >= 11 is 0. The number of H-pyrrole nitrogens is 1. The van der Waals surface area contributed by atoms with Gasteiger partial charge in [0.2, 0.25) is 0 Å². The summed E-state index contributed by atoms with van der Waals surface area (Å²) in [6, 6.07) is 0. The molecule has 1 aromatic heterocycles. The molecule has 0 saturated carbocycles. The van der Waals surface area contributed by atoms with Crippen molar-refractivity contribution in [3.63, 3.8) is 0 Å². The molecule has 0 spiro atoms. The molecule has 3 N–H and O–H groups in total. The Morgan fingerprint density at radius 3 is 3.00 bits per heavy atom. The number of ether oxygens (including phenoxy) is 1. The molecule has 0 unspecified atom stereocenters. The summed E-state index contributed by atoms with van der Waals surface area (Å²) in [5, 5.41) is 18.0. The highest BCUT2D eigenvalue weighted by atomic mass is 17.1. The van der Waals surface area contributed by atoms with Gasteiger partial charge in [-0.25, -0.2) is 9.68 Å². The van der Waals surface area contributed by atoms with Gasteiger partial charge in [0.05, 0.1) is 6.10 Å². The molecule has 1 fully saturated rings. The van der Waals surface area contributed by atoms with Crippen LogP contribution in [0.15, 0.2) is 15.8 Å². The van der Waals surface area contributed by atoms with Crippen molar-refractivity contribution in [3.05, 3.63) is 32.6 Å². The predicted molar refractivity (Wildman–Crippen MR) is 59.2 cm³/mol. The summed E-state index contributed by atoms with van der Waals surface area (Å²) in [5.74, 6) is 0. The molecule has 18 heavy (non-hydrogen) atoms. The molecule has 0 amide bonds. The van der Waals surface area contributed by atoms with Gasteiger partial charge >= 0.3 is 5.69 Å². The molecule has 0 aromatic carbocycles. The number of aromatic nitrogens is 2. The smallest absolute Gasteiger partial charge is 0.330 e. The zero-order valence-corrected chi connectivity index (χ0v) is 9.70. The number of aromatic amines is 1. The van der Waals surface area contributed by atoms with Crippen LogP contribution in [0.1, 0.15) is 18.2 Å². The second-order valence-electron chi connectivity index (χ2n) is 4.21. The maximum Gasteiger partial charge on any atom is 0.330 e. The van der Waals surface area contributed by atoms with Crippen LogP contribution in [0.25, 0.3) is 0 Å². The van der Waals surface area contributed by atoms with E-state index in [0.717, 1.165) is 0 Å². The van der Waals surface area contributed by atoms with Crippen molar-refractivity contribution in [2.45, 2.75) is 31.8 Å². The van der Waals surface area contributed by atoms with Gasteiger partial charge in [-0.2, -0.15) is 0 Å². The molecule has 8 heteroatoms. The molecule has 0 bridgehead atoms. The lowest BCUT2D eigenvalue weighted by Crippen LogP contribution is -2.33. The molecule has 2 heterocycles. The summed E-state index contributed by atoms with van der Waals surface area (Å²) in [4.78, 5) is 28.9. The SMILES string of the molecule is Cc1cn([C@H]2C[C@@H](O)[C@@H](COO)O2)c(=O)[nH]c1=O. The van der Waals surface area contributed by atoms with Gasteiger partial charge in [-0.3, -0.25) is 19.6 Å². The summed E-state index contributed by atoms with van der Waals surface area (Å²) in [6.45, 7) is 1.38. The van der Waals surface area contributed by atoms with E-state index in [1.807, 2.05) is 0 Å². The quantitative estimate of drug-likeness (QED) is 0.472. The Balaban J connectivity index is 2.26. The Bertz CT molecular complexity index is 536. The molecule has 2 rings (SSSR count). The zero-order valence-electron chi connectivity index (χ0n) is 9.70. The average molecular weight is 258 g/mol. The van der Waals surface area contributed by atoms with Gasteiger partial charge in [0.15, 0.2) is 0 Å². The van der Waals surface area contributed by atoms with E-state index in [0.29, 0.717) is 5.56 Å². The molecule has 1 saturated heterocycles. The third-order valence-electron chi connectivity index (χ3n) is 2.90. The van der Waals surface area contributed by atoms with Gasteiger partial charge in [-0.1, -0.05) is 0 Å². The number of nitrogens with one attached hydrogen (secondary N) is 1. The van der Waals surface area contributed by atoms with Crippen LogP contribution in [0.4, 0.5) is 0 Å². The summed E-state index contributed by atoms with van der Waals surface area (Å²) < 4.78 is 6.59. The van der Waals surface area contributed by atoms with E-state index in [1.54, 1.807) is 6.92 Å². The summed E-state index contributed by atoms with van der Waals surface area (Å²) in [7, 11) is 0. The van der Waals surface area contributed by atoms with Crippen molar-refractivity contribution >= 4 is 0 Å². The van der Waals surface area contributed by atoms with E-state index in [4.69, 9.17) is 9.99 Å². The van der Waals surface area contributed by atoms with Crippen LogP contribution in [-0.4, -0.2) is 38.7 Å². The van der Waals surface area contributed by atoms with Crippen molar-refractivity contribution in [2.24, 2.45) is 0 Å². The van der Waals surface area contributed by atoms with Crippen LogP contribution in [-0.2, 0) is 9.62 Å². The van der Waals surface area contributed by atoms with Gasteiger partial charge < -0.3 is 9.84 Å². The fourth-order valence-corrected chi connectivity index (χ4v) is 1.91. The van der Waals surface area contributed by atoms with Gasteiger partial charge in [-0.15, -0.1) is 0 Å². The van der Waals surface area contributed by atoms with Crippen molar-refractivity contribution in [2.75, 3.05) is 6.61 Å². The molecule has 1 aliphatic rings. The largest absolute Gasteiger partial charge is 0.390 e.